The maximum absolute atomic E-state index is 3.24. The van der Waals surface area contributed by atoms with Crippen LogP contribution in [0.1, 0.15) is 118 Å². The molecule has 0 N–H and O–H groups in total. The first-order chi connectivity index (χ1) is 14.0. The largest absolute Gasteiger partial charge is 0.320 e. The fourth-order valence-corrected chi connectivity index (χ4v) is 26.2. The van der Waals surface area contributed by atoms with Gasteiger partial charge in [-0.15, -0.1) is 0 Å². The van der Waals surface area contributed by atoms with E-state index in [1.807, 2.05) is 0 Å². The van der Waals surface area contributed by atoms with Crippen molar-refractivity contribution in [3.63, 3.8) is 0 Å². The summed E-state index contributed by atoms with van der Waals surface area (Å²) in [7, 11) is -4.13. The molecule has 188 valence electrons. The fourth-order valence-electron chi connectivity index (χ4n) is 7.69. The van der Waals surface area contributed by atoms with Crippen LogP contribution in [0.4, 0.5) is 0 Å². The summed E-state index contributed by atoms with van der Waals surface area (Å²) in [6.07, 6.45) is 0. The van der Waals surface area contributed by atoms with E-state index >= 15 is 0 Å². The summed E-state index contributed by atoms with van der Waals surface area (Å²) in [5.41, 5.74) is 2.68. The molecular formula is C26H61N3Si2. The Bertz CT molecular complexity index is 437. The van der Waals surface area contributed by atoms with Gasteiger partial charge in [0.2, 0.25) is 16.8 Å². The molecule has 0 bridgehead atoms. The normalized spacial score (nSPS) is 14.7. The molecule has 31 heavy (non-hydrogen) atoms. The molecule has 0 amide bonds. The van der Waals surface area contributed by atoms with Crippen molar-refractivity contribution in [3.05, 3.63) is 0 Å². The zero-order chi connectivity index (χ0) is 25.1. The van der Waals surface area contributed by atoms with E-state index in [0.717, 1.165) is 6.54 Å². The monoisotopic (exact) mass is 471 g/mol. The Labute approximate surface area is 200 Å². The lowest BCUT2D eigenvalue weighted by atomic mass is 10.3. The average Bonchev–Trinajstić information content (AvgIpc) is 2.57. The molecule has 0 spiro atoms. The van der Waals surface area contributed by atoms with Crippen molar-refractivity contribution in [2.24, 2.45) is 0 Å². The highest BCUT2D eigenvalue weighted by Crippen LogP contribution is 2.50. The van der Waals surface area contributed by atoms with Gasteiger partial charge in [-0.25, -0.2) is 0 Å². The Hall–Kier alpha value is 0.314. The van der Waals surface area contributed by atoms with Crippen molar-refractivity contribution >= 4 is 16.8 Å². The second kappa shape index (κ2) is 12.1. The molecule has 0 heterocycles. The Morgan fingerprint density at radius 1 is 0.419 bits per heavy atom. The molecular weight excluding hydrogens is 410 g/mol. The van der Waals surface area contributed by atoms with Gasteiger partial charge in [0.1, 0.15) is 0 Å². The van der Waals surface area contributed by atoms with Gasteiger partial charge in [0.25, 0.3) is 0 Å². The summed E-state index contributed by atoms with van der Waals surface area (Å²) in [6.45, 7) is 43.5. The molecule has 0 radical (unpaired) electrons. The summed E-state index contributed by atoms with van der Waals surface area (Å²) < 4.78 is 9.26. The third-order valence-corrected chi connectivity index (χ3v) is 22.7. The van der Waals surface area contributed by atoms with Crippen LogP contribution in [0, 0.1) is 0 Å². The minimum atomic E-state index is -2.06. The topological polar surface area (TPSA) is 9.72 Å². The van der Waals surface area contributed by atoms with E-state index in [9.17, 15) is 0 Å². The Balaban J connectivity index is 7.66. The molecule has 0 atom stereocenters. The molecule has 5 heteroatoms. The van der Waals surface area contributed by atoms with E-state index in [4.69, 9.17) is 0 Å². The van der Waals surface area contributed by atoms with Crippen LogP contribution in [0.5, 0.6) is 0 Å². The molecule has 0 aromatic heterocycles. The predicted octanol–water partition coefficient (Wildman–Crippen LogP) is 8.07. The number of hydrogen-bond acceptors (Lipinski definition) is 3. The van der Waals surface area contributed by atoms with Gasteiger partial charge in [0.05, 0.1) is 0 Å². The van der Waals surface area contributed by atoms with Gasteiger partial charge in [-0.05, 0) is 52.9 Å². The standard InChI is InChI=1S/C26H61N3Si2/c1-18-27(30(23(10)11,24(12)13)28(19(2)3)20(4)5)31(25(14)15,26(16)17)29(21(6)7)22(8)9/h19-26H,18H2,1-17H3. The van der Waals surface area contributed by atoms with Crippen LogP contribution < -0.4 is 0 Å². The smallest absolute Gasteiger partial charge is 0.206 e. The van der Waals surface area contributed by atoms with E-state index < -0.39 is 16.8 Å². The second-order valence-corrected chi connectivity index (χ2v) is 22.4. The van der Waals surface area contributed by atoms with Crippen molar-refractivity contribution in [1.29, 1.82) is 0 Å². The molecule has 0 unspecified atom stereocenters. The SMILES string of the molecule is CCN([Si](C(C)C)(C(C)C)N(C(C)C)C(C)C)[Si](C(C)C)(C(C)C)N(C(C)C)C(C)C. The second-order valence-electron chi connectivity index (χ2n) is 12.1. The van der Waals surface area contributed by atoms with Gasteiger partial charge in [0.15, 0.2) is 0 Å². The number of hydrogen-bond donors (Lipinski definition) is 0. The van der Waals surface area contributed by atoms with Crippen LogP contribution in [-0.4, -0.2) is 60.9 Å². The molecule has 0 fully saturated rings. The molecule has 0 saturated heterocycles. The summed E-state index contributed by atoms with van der Waals surface area (Å²) in [5.74, 6) is 0. The van der Waals surface area contributed by atoms with E-state index in [1.165, 1.54) is 0 Å². The van der Waals surface area contributed by atoms with Gasteiger partial charge in [0, 0.05) is 0 Å². The Kier molecular flexibility index (Phi) is 12.3. The first-order valence-corrected chi connectivity index (χ1v) is 17.4. The molecule has 0 aliphatic rings. The molecule has 0 rings (SSSR count). The van der Waals surface area contributed by atoms with Crippen LogP contribution in [0.2, 0.25) is 22.2 Å². The highest BCUT2D eigenvalue weighted by atomic mass is 28.4. The van der Waals surface area contributed by atoms with Gasteiger partial charge < -0.3 is 13.4 Å². The van der Waals surface area contributed by atoms with Crippen LogP contribution in [-0.2, 0) is 0 Å². The van der Waals surface area contributed by atoms with E-state index in [0.29, 0.717) is 46.3 Å². The maximum Gasteiger partial charge on any atom is 0.206 e. The number of nitrogens with zero attached hydrogens (tertiary/aromatic N) is 3. The van der Waals surface area contributed by atoms with Gasteiger partial charge in [-0.3, -0.25) is 0 Å². The molecule has 0 aliphatic heterocycles. The Morgan fingerprint density at radius 2 is 0.613 bits per heavy atom. The zero-order valence-electron chi connectivity index (χ0n) is 24.7. The predicted molar refractivity (Wildman–Crippen MR) is 149 cm³/mol. The van der Waals surface area contributed by atoms with Crippen LogP contribution in [0.15, 0.2) is 0 Å². The third-order valence-electron chi connectivity index (χ3n) is 7.63. The van der Waals surface area contributed by atoms with Gasteiger partial charge in [-0.2, -0.15) is 0 Å². The van der Waals surface area contributed by atoms with Crippen molar-refractivity contribution in [3.8, 4) is 0 Å². The van der Waals surface area contributed by atoms with Crippen molar-refractivity contribution in [2.75, 3.05) is 6.54 Å². The van der Waals surface area contributed by atoms with Gasteiger partial charge in [-0.1, -0.05) is 118 Å². The van der Waals surface area contributed by atoms with Crippen LogP contribution >= 0.6 is 0 Å². The first kappa shape index (κ1) is 31.3. The minimum absolute atomic E-state index is 0.558. The maximum atomic E-state index is 3.24. The van der Waals surface area contributed by atoms with E-state index in [1.54, 1.807) is 0 Å². The quantitative estimate of drug-likeness (QED) is 0.251. The summed E-state index contributed by atoms with van der Waals surface area (Å²) in [4.78, 5) is 0. The summed E-state index contributed by atoms with van der Waals surface area (Å²) >= 11 is 0. The highest BCUT2D eigenvalue weighted by molar-refractivity contribution is 6.92. The van der Waals surface area contributed by atoms with Crippen LogP contribution in [0.25, 0.3) is 0 Å². The van der Waals surface area contributed by atoms with Crippen molar-refractivity contribution in [1.82, 2.24) is 13.4 Å². The van der Waals surface area contributed by atoms with Crippen LogP contribution in [0.3, 0.4) is 0 Å². The van der Waals surface area contributed by atoms with Crippen molar-refractivity contribution < 1.29 is 0 Å². The molecule has 3 nitrogen and oxygen atoms in total. The lowest BCUT2D eigenvalue weighted by molar-refractivity contribution is 0.222. The zero-order valence-corrected chi connectivity index (χ0v) is 26.7. The molecule has 0 aromatic carbocycles. The lowest BCUT2D eigenvalue weighted by Crippen LogP contribution is -2.84. The van der Waals surface area contributed by atoms with E-state index in [2.05, 4.69) is 131 Å². The molecule has 0 saturated carbocycles. The highest BCUT2D eigenvalue weighted by Gasteiger charge is 2.63. The van der Waals surface area contributed by atoms with E-state index in [-0.39, 0.29) is 0 Å². The summed E-state index contributed by atoms with van der Waals surface area (Å²) in [6, 6.07) is 2.23. The third kappa shape index (κ3) is 5.53. The minimum Gasteiger partial charge on any atom is -0.320 e. The summed E-state index contributed by atoms with van der Waals surface area (Å²) in [5, 5.41) is 0. The molecule has 0 aromatic rings. The number of rotatable bonds is 13. The average molecular weight is 472 g/mol. The molecule has 0 aliphatic carbocycles. The fraction of sp³-hybridized carbons (Fsp3) is 1.00. The first-order valence-electron chi connectivity index (χ1n) is 13.3. The Morgan fingerprint density at radius 3 is 0.710 bits per heavy atom. The van der Waals surface area contributed by atoms with Crippen molar-refractivity contribution in [2.45, 2.75) is 164 Å². The lowest BCUT2D eigenvalue weighted by Gasteiger charge is -2.67. The van der Waals surface area contributed by atoms with Gasteiger partial charge >= 0.3 is 0 Å².